The Morgan fingerprint density at radius 1 is 0.271 bits per heavy atom. The second-order valence-electron chi connectivity index (χ2n) is 34.6. The van der Waals surface area contributed by atoms with Crippen molar-refractivity contribution < 1.29 is 4.79 Å². The summed E-state index contributed by atoms with van der Waals surface area (Å²) in [6.45, 7) is 5.10. The highest BCUT2D eigenvalue weighted by atomic mass is 16.1. The van der Waals surface area contributed by atoms with E-state index in [0.717, 1.165) is 132 Å². The number of carbonyl (C=O) groups is 1. The maximum Gasteiger partial charge on any atom is 0.142 e. The van der Waals surface area contributed by atoms with Crippen LogP contribution in [0.5, 0.6) is 0 Å². The third-order valence-electron chi connectivity index (χ3n) is 30.9. The zero-order chi connectivity index (χ0) is 56.4. The lowest BCUT2D eigenvalue weighted by Gasteiger charge is -2.58. The lowest BCUT2D eigenvalue weighted by Crippen LogP contribution is -2.65. The highest BCUT2D eigenvalue weighted by Gasteiger charge is 2.59. The molecule has 5 aliphatic heterocycles. The zero-order valence-electron chi connectivity index (χ0n) is 54.6. The maximum absolute atomic E-state index is 14.6. The van der Waals surface area contributed by atoms with Gasteiger partial charge < -0.3 is 10.6 Å². The van der Waals surface area contributed by atoms with Crippen molar-refractivity contribution >= 4 is 5.78 Å². The van der Waals surface area contributed by atoms with Crippen molar-refractivity contribution in [1.29, 1.82) is 0 Å². The summed E-state index contributed by atoms with van der Waals surface area (Å²) in [5.41, 5.74) is 0. The van der Waals surface area contributed by atoms with Gasteiger partial charge in [0.1, 0.15) is 5.78 Å². The number of hydrogen-bond donors (Lipinski definition) is 2. The Labute approximate surface area is 520 Å². The number of Topliss-reactive ketones (excluding diaryl/α,β-unsaturated/α-hetero) is 1. The first-order valence-electron chi connectivity index (χ1n) is 39.9. The van der Waals surface area contributed by atoms with Crippen molar-refractivity contribution in [3.63, 3.8) is 0 Å². The quantitative estimate of drug-likeness (QED) is 0.212. The Bertz CT molecular complexity index is 1970. The van der Waals surface area contributed by atoms with E-state index in [4.69, 9.17) is 0 Å². The van der Waals surface area contributed by atoms with E-state index in [1.54, 1.807) is 6.42 Å². The number of hydrogen-bond acceptors (Lipinski definition) is 8. The Morgan fingerprint density at radius 3 is 1.02 bits per heavy atom. The van der Waals surface area contributed by atoms with Crippen LogP contribution in [0.15, 0.2) is 0 Å². The third kappa shape index (κ3) is 11.7. The van der Waals surface area contributed by atoms with Crippen molar-refractivity contribution in [3.8, 4) is 0 Å². The van der Waals surface area contributed by atoms with Crippen LogP contribution in [-0.2, 0) is 4.79 Å². The van der Waals surface area contributed by atoms with Gasteiger partial charge in [0.25, 0.3) is 0 Å². The molecule has 0 aromatic heterocycles. The summed E-state index contributed by atoms with van der Waals surface area (Å²) in [6.07, 6.45) is 68.4. The minimum Gasteiger partial charge on any atom is -0.316 e. The van der Waals surface area contributed by atoms with Crippen LogP contribution < -0.4 is 10.6 Å². The van der Waals surface area contributed by atoms with Crippen LogP contribution in [0, 0.1) is 59.2 Å². The Kier molecular flexibility index (Phi) is 18.7. The van der Waals surface area contributed by atoms with Crippen LogP contribution in [0.4, 0.5) is 0 Å². The number of fused-ring (bicyclic) bond motifs is 8. The number of nitrogens with one attached hydrogen (secondary N) is 2. The van der Waals surface area contributed by atoms with Gasteiger partial charge in [0.15, 0.2) is 0 Å². The summed E-state index contributed by atoms with van der Waals surface area (Å²) >= 11 is 0. The maximum atomic E-state index is 14.6. The molecule has 0 amide bonds. The SMILES string of the molecule is O=C1C2CCCCC2N(C2CC(C3CCC(N4C5CCNCC5C5CC(N(C6CCCCC6)C6CCCCC6)CCC54)CC3)CC(C3CCC(N4C5CCNCC5C5CC(N(C6CCCCC6)C6CCCCC6)CCC54)CC3)C2)C2CCCCC12. The summed E-state index contributed by atoms with van der Waals surface area (Å²) in [4.78, 5) is 31.1. The molecule has 0 spiro atoms. The van der Waals surface area contributed by atoms with E-state index < -0.39 is 0 Å². The number of nitrogens with zero attached hydrogens (tertiary/aromatic N) is 5. The van der Waals surface area contributed by atoms with Gasteiger partial charge in [0.2, 0.25) is 0 Å². The zero-order valence-corrected chi connectivity index (χ0v) is 54.6. The summed E-state index contributed by atoms with van der Waals surface area (Å²) < 4.78 is 0. The Hall–Kier alpha value is -0.610. The lowest BCUT2D eigenvalue weighted by molar-refractivity contribution is -0.150. The van der Waals surface area contributed by atoms with Gasteiger partial charge in [0, 0.05) is 102 Å². The fraction of sp³-hybridized carbons (Fsp3) is 0.987. The normalized spacial score (nSPS) is 47.2. The van der Waals surface area contributed by atoms with E-state index >= 15 is 0 Å². The van der Waals surface area contributed by atoms with E-state index in [1.165, 1.54) is 322 Å². The van der Waals surface area contributed by atoms with Crippen molar-refractivity contribution in [2.45, 2.75) is 392 Å². The molecule has 0 aromatic rings. The number of carbonyl (C=O) groups excluding carboxylic acids is 1. The molecule has 11 aliphatic carbocycles. The lowest BCUT2D eigenvalue weighted by atomic mass is 9.61. The molecule has 0 aromatic carbocycles. The summed E-state index contributed by atoms with van der Waals surface area (Å²) in [5, 5.41) is 8.05. The van der Waals surface area contributed by atoms with Gasteiger partial charge in [-0.3, -0.25) is 29.3 Å². The number of rotatable bonds is 11. The predicted molar refractivity (Wildman–Crippen MR) is 349 cm³/mol. The van der Waals surface area contributed by atoms with Crippen LogP contribution in [0.25, 0.3) is 0 Å². The summed E-state index contributed by atoms with van der Waals surface area (Å²) in [5.74, 6) is 8.67. The standard InChI is InChI=1S/C77H129N7O/c85-77-65-25-13-15-27-71(65)84(72-28-16-14-26-66(72)77)64-46-54(52-29-33-60(34-30-52)82-73-39-37-62(48-67(73)69-50-78-43-41-75(69)82)80(56-17-5-1-6-18-56)57-19-7-2-8-20-57)45-55(47-64)53-31-35-61(36-32-53)83-74-40-38-63(49-68(74)70-51-79-44-42-76(70)83)81(58-21-9-3-10-22-58)59-23-11-4-12-24-59/h52-76,78-79H,1-51H2. The molecule has 8 nitrogen and oxygen atoms in total. The van der Waals surface area contributed by atoms with Gasteiger partial charge in [-0.2, -0.15) is 0 Å². The largest absolute Gasteiger partial charge is 0.316 e. The minimum absolute atomic E-state index is 0.347. The molecule has 16 atom stereocenters. The van der Waals surface area contributed by atoms with Crippen molar-refractivity contribution in [2.24, 2.45) is 59.2 Å². The fourth-order valence-electron chi connectivity index (χ4n) is 27.6. The van der Waals surface area contributed by atoms with Crippen LogP contribution in [-0.4, -0.2) is 147 Å². The molecule has 16 aliphatic rings. The van der Waals surface area contributed by atoms with Crippen molar-refractivity contribution in [1.82, 2.24) is 35.1 Å². The first-order chi connectivity index (χ1) is 42.1. The van der Waals surface area contributed by atoms with E-state index in [2.05, 4.69) is 35.1 Å². The Balaban J connectivity index is 0.618. The van der Waals surface area contributed by atoms with Gasteiger partial charge in [-0.1, -0.05) is 103 Å². The van der Waals surface area contributed by atoms with E-state index in [1.807, 2.05) is 0 Å². The number of piperidine rings is 3. The molecule has 16 unspecified atom stereocenters. The second-order valence-corrected chi connectivity index (χ2v) is 34.6. The highest BCUT2D eigenvalue weighted by Crippen LogP contribution is 2.57. The van der Waals surface area contributed by atoms with Crippen LogP contribution >= 0.6 is 0 Å². The molecule has 5 heterocycles. The van der Waals surface area contributed by atoms with Crippen molar-refractivity contribution in [2.75, 3.05) is 26.2 Å². The molecule has 16 fully saturated rings. The average molecular weight is 1170 g/mol. The van der Waals surface area contributed by atoms with Gasteiger partial charge in [-0.25, -0.2) is 0 Å². The van der Waals surface area contributed by atoms with Crippen LogP contribution in [0.2, 0.25) is 0 Å². The van der Waals surface area contributed by atoms with E-state index in [9.17, 15) is 4.79 Å². The topological polar surface area (TPSA) is 57.3 Å². The molecule has 5 saturated heterocycles. The van der Waals surface area contributed by atoms with E-state index in [0.29, 0.717) is 23.9 Å². The molecule has 0 bridgehead atoms. The van der Waals surface area contributed by atoms with Gasteiger partial charge in [-0.15, -0.1) is 0 Å². The molecule has 0 radical (unpaired) electrons. The monoisotopic (exact) mass is 1170 g/mol. The number of ketones is 1. The molecule has 85 heavy (non-hydrogen) atoms. The van der Waals surface area contributed by atoms with Crippen LogP contribution in [0.3, 0.4) is 0 Å². The first kappa shape index (κ1) is 59.4. The second kappa shape index (κ2) is 26.8. The summed E-state index contributed by atoms with van der Waals surface area (Å²) in [6, 6.07) is 12.1. The van der Waals surface area contributed by atoms with Gasteiger partial charge >= 0.3 is 0 Å². The molecule has 16 rings (SSSR count). The molecular weight excluding hydrogens is 1040 g/mol. The third-order valence-corrected chi connectivity index (χ3v) is 30.9. The van der Waals surface area contributed by atoms with Crippen molar-refractivity contribution in [3.05, 3.63) is 0 Å². The fourth-order valence-corrected chi connectivity index (χ4v) is 27.6. The molecule has 11 saturated carbocycles. The smallest absolute Gasteiger partial charge is 0.142 e. The molecule has 478 valence electrons. The van der Waals surface area contributed by atoms with Gasteiger partial charge in [-0.05, 0) is 273 Å². The molecule has 2 N–H and O–H groups in total. The summed E-state index contributed by atoms with van der Waals surface area (Å²) in [7, 11) is 0. The van der Waals surface area contributed by atoms with Crippen LogP contribution in [0.1, 0.15) is 302 Å². The average Bonchev–Trinajstić information content (AvgIpc) is 4.31. The minimum atomic E-state index is 0.347. The van der Waals surface area contributed by atoms with E-state index in [-0.39, 0.29) is 0 Å². The van der Waals surface area contributed by atoms with Gasteiger partial charge in [0.05, 0.1) is 0 Å². The molecular formula is C77H129N7O. The first-order valence-corrected chi connectivity index (χ1v) is 39.9. The number of likely N-dealkylation sites (tertiary alicyclic amines) is 3. The predicted octanol–water partition coefficient (Wildman–Crippen LogP) is 15.5. The highest BCUT2D eigenvalue weighted by molar-refractivity contribution is 5.86. The Morgan fingerprint density at radius 2 is 0.624 bits per heavy atom. The molecule has 8 heteroatoms.